The number of aryl methyl sites for hydroxylation is 1. The zero-order valence-electron chi connectivity index (χ0n) is 17.2. The van der Waals surface area contributed by atoms with Crippen molar-refractivity contribution in [3.8, 4) is 0 Å². The molecule has 2 aliphatic carbocycles. The predicted molar refractivity (Wildman–Crippen MR) is 119 cm³/mol. The monoisotopic (exact) mass is 388 g/mol. The number of hydrogen-bond donors (Lipinski definition) is 3. The average Bonchev–Trinajstić information content (AvgIpc) is 3.14. The van der Waals surface area contributed by atoms with E-state index in [4.69, 9.17) is 0 Å². The van der Waals surface area contributed by atoms with Crippen molar-refractivity contribution in [1.82, 2.24) is 20.6 Å². The van der Waals surface area contributed by atoms with Gasteiger partial charge in [0.2, 0.25) is 0 Å². The Morgan fingerprint density at radius 3 is 2.72 bits per heavy atom. The highest BCUT2D eigenvalue weighted by Crippen LogP contribution is 2.36. The standard InChI is InChI=1S/C25H32N4/c1-2-7-20(8-3-1)28-24-10-4-9-21-22-14-18(11-12-23(22)29-25(21)24)15-27-17-19-6-5-13-26-16-19/h5-6,11-14,16,20,24,27-29H,1-4,7-10,15,17H2. The number of rotatable bonds is 6. The Bertz CT molecular complexity index is 940. The van der Waals surface area contributed by atoms with Gasteiger partial charge in [0.25, 0.3) is 0 Å². The minimum absolute atomic E-state index is 0.501. The molecule has 2 aliphatic rings. The molecule has 1 unspecified atom stereocenters. The molecule has 29 heavy (non-hydrogen) atoms. The number of nitrogens with zero attached hydrogens (tertiary/aromatic N) is 1. The lowest BCUT2D eigenvalue weighted by Gasteiger charge is -2.31. The molecule has 1 saturated carbocycles. The van der Waals surface area contributed by atoms with Gasteiger partial charge in [0.15, 0.2) is 0 Å². The Balaban J connectivity index is 1.31. The first-order valence-corrected chi connectivity index (χ1v) is 11.4. The predicted octanol–water partition coefficient (Wildman–Crippen LogP) is 5.15. The Kier molecular flexibility index (Phi) is 5.64. The van der Waals surface area contributed by atoms with Gasteiger partial charge in [-0.25, -0.2) is 0 Å². The molecule has 2 aromatic heterocycles. The first-order chi connectivity index (χ1) is 14.4. The highest BCUT2D eigenvalue weighted by Gasteiger charge is 2.26. The van der Waals surface area contributed by atoms with Crippen molar-refractivity contribution >= 4 is 10.9 Å². The maximum Gasteiger partial charge on any atom is 0.0478 e. The smallest absolute Gasteiger partial charge is 0.0478 e. The highest BCUT2D eigenvalue weighted by molar-refractivity contribution is 5.85. The van der Waals surface area contributed by atoms with Crippen LogP contribution < -0.4 is 10.6 Å². The summed E-state index contributed by atoms with van der Waals surface area (Å²) in [6, 6.07) is 12.2. The number of pyridine rings is 1. The van der Waals surface area contributed by atoms with Crippen molar-refractivity contribution in [2.45, 2.75) is 76.5 Å². The molecule has 1 aromatic carbocycles. The molecule has 0 radical (unpaired) electrons. The lowest BCUT2D eigenvalue weighted by molar-refractivity contribution is 0.318. The highest BCUT2D eigenvalue weighted by atomic mass is 15.0. The lowest BCUT2D eigenvalue weighted by Crippen LogP contribution is -2.36. The molecule has 0 amide bonds. The number of hydrogen-bond acceptors (Lipinski definition) is 3. The van der Waals surface area contributed by atoms with E-state index in [1.54, 1.807) is 5.56 Å². The van der Waals surface area contributed by atoms with E-state index in [-0.39, 0.29) is 0 Å². The van der Waals surface area contributed by atoms with Crippen LogP contribution in [0.15, 0.2) is 42.7 Å². The molecule has 0 saturated heterocycles. The van der Waals surface area contributed by atoms with E-state index >= 15 is 0 Å². The number of nitrogens with one attached hydrogen (secondary N) is 3. The maximum atomic E-state index is 4.19. The molecule has 152 valence electrons. The molecule has 0 bridgehead atoms. The number of aromatic nitrogens is 2. The van der Waals surface area contributed by atoms with Crippen LogP contribution in [-0.4, -0.2) is 16.0 Å². The Morgan fingerprint density at radius 1 is 0.966 bits per heavy atom. The van der Waals surface area contributed by atoms with Crippen LogP contribution in [0.5, 0.6) is 0 Å². The van der Waals surface area contributed by atoms with Crippen molar-refractivity contribution in [1.29, 1.82) is 0 Å². The van der Waals surface area contributed by atoms with Gasteiger partial charge in [-0.2, -0.15) is 0 Å². The van der Waals surface area contributed by atoms with Crippen LogP contribution in [0.1, 0.15) is 73.4 Å². The number of aromatic amines is 1. The van der Waals surface area contributed by atoms with Gasteiger partial charge in [-0.3, -0.25) is 4.98 Å². The molecule has 0 aliphatic heterocycles. The number of fused-ring (bicyclic) bond motifs is 3. The largest absolute Gasteiger partial charge is 0.357 e. The summed E-state index contributed by atoms with van der Waals surface area (Å²) < 4.78 is 0. The van der Waals surface area contributed by atoms with E-state index < -0.39 is 0 Å². The number of H-pyrrole nitrogens is 1. The van der Waals surface area contributed by atoms with Crippen LogP contribution in [0.4, 0.5) is 0 Å². The average molecular weight is 389 g/mol. The summed E-state index contributed by atoms with van der Waals surface area (Å²) in [4.78, 5) is 7.96. The summed E-state index contributed by atoms with van der Waals surface area (Å²) in [5.74, 6) is 0. The Morgan fingerprint density at radius 2 is 1.86 bits per heavy atom. The fourth-order valence-corrected chi connectivity index (χ4v) is 5.19. The molecule has 3 aromatic rings. The van der Waals surface area contributed by atoms with E-state index in [9.17, 15) is 0 Å². The summed E-state index contributed by atoms with van der Waals surface area (Å²) in [6.45, 7) is 1.74. The Hall–Kier alpha value is -2.17. The van der Waals surface area contributed by atoms with Gasteiger partial charge in [0.05, 0.1) is 0 Å². The molecule has 0 spiro atoms. The molecule has 4 nitrogen and oxygen atoms in total. The first kappa shape index (κ1) is 18.8. The maximum absolute atomic E-state index is 4.19. The summed E-state index contributed by atoms with van der Waals surface area (Å²) in [5.41, 5.74) is 6.88. The normalized spacial score (nSPS) is 20.1. The first-order valence-electron chi connectivity index (χ1n) is 11.4. The van der Waals surface area contributed by atoms with Gasteiger partial charge in [-0.05, 0) is 67.0 Å². The van der Waals surface area contributed by atoms with Gasteiger partial charge >= 0.3 is 0 Å². The van der Waals surface area contributed by atoms with Gasteiger partial charge < -0.3 is 15.6 Å². The van der Waals surface area contributed by atoms with E-state index in [1.807, 2.05) is 18.5 Å². The van der Waals surface area contributed by atoms with Gasteiger partial charge in [0, 0.05) is 54.2 Å². The zero-order valence-corrected chi connectivity index (χ0v) is 17.2. The van der Waals surface area contributed by atoms with Crippen molar-refractivity contribution in [3.05, 3.63) is 65.1 Å². The van der Waals surface area contributed by atoms with Crippen LogP contribution in [0.25, 0.3) is 10.9 Å². The second-order valence-corrected chi connectivity index (χ2v) is 8.81. The lowest BCUT2D eigenvalue weighted by atomic mass is 9.89. The van der Waals surface area contributed by atoms with E-state index in [0.717, 1.165) is 13.1 Å². The SMILES string of the molecule is c1cncc(CNCc2ccc3[nH]c4c(c3c2)CCCC4NC2CCCCC2)c1. The van der Waals surface area contributed by atoms with Gasteiger partial charge in [-0.1, -0.05) is 31.4 Å². The van der Waals surface area contributed by atoms with Crippen molar-refractivity contribution in [2.24, 2.45) is 0 Å². The molecule has 4 heteroatoms. The van der Waals surface area contributed by atoms with Gasteiger partial charge in [-0.15, -0.1) is 0 Å². The Labute approximate surface area is 173 Å². The van der Waals surface area contributed by atoms with Crippen molar-refractivity contribution in [3.63, 3.8) is 0 Å². The third kappa shape index (κ3) is 4.24. The van der Waals surface area contributed by atoms with E-state index in [0.29, 0.717) is 12.1 Å². The van der Waals surface area contributed by atoms with Crippen molar-refractivity contribution < 1.29 is 0 Å². The molecule has 1 fully saturated rings. The summed E-state index contributed by atoms with van der Waals surface area (Å²) in [7, 11) is 0. The van der Waals surface area contributed by atoms with Crippen LogP contribution in [0.2, 0.25) is 0 Å². The molecular weight excluding hydrogens is 356 g/mol. The fraction of sp³-hybridized carbons (Fsp3) is 0.480. The molecule has 5 rings (SSSR count). The van der Waals surface area contributed by atoms with Crippen LogP contribution in [0, 0.1) is 0 Å². The summed E-state index contributed by atoms with van der Waals surface area (Å²) in [5, 5.41) is 8.97. The van der Waals surface area contributed by atoms with Crippen LogP contribution in [0.3, 0.4) is 0 Å². The molecule has 1 atom stereocenters. The quantitative estimate of drug-likeness (QED) is 0.547. The number of benzene rings is 1. The molecule has 3 N–H and O–H groups in total. The van der Waals surface area contributed by atoms with Crippen LogP contribution >= 0.6 is 0 Å². The van der Waals surface area contributed by atoms with E-state index in [1.165, 1.54) is 79.1 Å². The summed E-state index contributed by atoms with van der Waals surface area (Å²) in [6.07, 6.45) is 14.4. The second kappa shape index (κ2) is 8.68. The van der Waals surface area contributed by atoms with Crippen molar-refractivity contribution in [2.75, 3.05) is 0 Å². The van der Waals surface area contributed by atoms with Crippen LogP contribution in [-0.2, 0) is 19.5 Å². The minimum atomic E-state index is 0.501. The second-order valence-electron chi connectivity index (χ2n) is 8.81. The minimum Gasteiger partial charge on any atom is -0.357 e. The third-order valence-corrected chi connectivity index (χ3v) is 6.69. The van der Waals surface area contributed by atoms with E-state index in [2.05, 4.69) is 44.9 Å². The topological polar surface area (TPSA) is 52.7 Å². The zero-order chi connectivity index (χ0) is 19.5. The van der Waals surface area contributed by atoms with Gasteiger partial charge in [0.1, 0.15) is 0 Å². The molecule has 2 heterocycles. The third-order valence-electron chi connectivity index (χ3n) is 6.69. The fourth-order valence-electron chi connectivity index (χ4n) is 5.19. The summed E-state index contributed by atoms with van der Waals surface area (Å²) >= 11 is 0. The molecular formula is C25H32N4.